The van der Waals surface area contributed by atoms with Gasteiger partial charge in [0, 0.05) is 0 Å². The van der Waals surface area contributed by atoms with E-state index in [9.17, 15) is 0 Å². The lowest BCUT2D eigenvalue weighted by molar-refractivity contribution is 0.341. The SMILES string of the molecule is CO/C=C/c1ccccc1-c1ccccc1. The minimum Gasteiger partial charge on any atom is -0.504 e. The fourth-order valence-electron chi connectivity index (χ4n) is 1.66. The van der Waals surface area contributed by atoms with Crippen molar-refractivity contribution in [2.45, 2.75) is 0 Å². The van der Waals surface area contributed by atoms with E-state index in [4.69, 9.17) is 4.74 Å². The molecule has 0 aliphatic heterocycles. The largest absolute Gasteiger partial charge is 0.504 e. The van der Waals surface area contributed by atoms with Crippen molar-refractivity contribution in [3.8, 4) is 11.1 Å². The zero-order valence-electron chi connectivity index (χ0n) is 9.26. The second-order valence-corrected chi connectivity index (χ2v) is 3.49. The average Bonchev–Trinajstić information content (AvgIpc) is 2.38. The van der Waals surface area contributed by atoms with E-state index < -0.39 is 0 Å². The van der Waals surface area contributed by atoms with Crippen LogP contribution in [0.2, 0.25) is 0 Å². The molecule has 0 aliphatic carbocycles. The lowest BCUT2D eigenvalue weighted by atomic mass is 10.00. The van der Waals surface area contributed by atoms with Crippen LogP contribution in [0.25, 0.3) is 17.2 Å². The van der Waals surface area contributed by atoms with Gasteiger partial charge in [0.2, 0.25) is 0 Å². The van der Waals surface area contributed by atoms with E-state index in [1.165, 1.54) is 11.1 Å². The Morgan fingerprint density at radius 2 is 1.56 bits per heavy atom. The Bertz CT molecular complexity index is 472. The van der Waals surface area contributed by atoms with Gasteiger partial charge in [0.05, 0.1) is 13.4 Å². The molecule has 0 heterocycles. The number of ether oxygens (including phenoxy) is 1. The first-order valence-corrected chi connectivity index (χ1v) is 5.25. The molecule has 0 saturated carbocycles. The van der Waals surface area contributed by atoms with E-state index in [0.717, 1.165) is 5.56 Å². The molecule has 2 aromatic carbocycles. The summed E-state index contributed by atoms with van der Waals surface area (Å²) in [6.45, 7) is 0. The number of benzene rings is 2. The summed E-state index contributed by atoms with van der Waals surface area (Å²) in [7, 11) is 1.65. The predicted octanol–water partition coefficient (Wildman–Crippen LogP) is 3.97. The van der Waals surface area contributed by atoms with Crippen LogP contribution in [0, 0.1) is 0 Å². The van der Waals surface area contributed by atoms with Crippen LogP contribution in [0.15, 0.2) is 60.9 Å². The first-order valence-electron chi connectivity index (χ1n) is 5.25. The van der Waals surface area contributed by atoms with Crippen molar-refractivity contribution in [1.82, 2.24) is 0 Å². The van der Waals surface area contributed by atoms with Gasteiger partial charge in [-0.25, -0.2) is 0 Å². The van der Waals surface area contributed by atoms with Crippen LogP contribution < -0.4 is 0 Å². The van der Waals surface area contributed by atoms with Gasteiger partial charge in [0.1, 0.15) is 0 Å². The first-order chi connectivity index (χ1) is 7.92. The lowest BCUT2D eigenvalue weighted by Crippen LogP contribution is -1.82. The summed E-state index contributed by atoms with van der Waals surface area (Å²) in [6.07, 6.45) is 3.67. The van der Waals surface area contributed by atoms with Crippen LogP contribution in [0.5, 0.6) is 0 Å². The maximum atomic E-state index is 4.96. The van der Waals surface area contributed by atoms with Gasteiger partial charge < -0.3 is 4.74 Å². The normalized spacial score (nSPS) is 10.6. The van der Waals surface area contributed by atoms with Crippen LogP contribution in [-0.2, 0) is 4.74 Å². The van der Waals surface area contributed by atoms with Gasteiger partial charge in [0.15, 0.2) is 0 Å². The number of methoxy groups -OCH3 is 1. The van der Waals surface area contributed by atoms with E-state index in [0.29, 0.717) is 0 Å². The Balaban J connectivity index is 2.45. The van der Waals surface area contributed by atoms with Gasteiger partial charge in [-0.2, -0.15) is 0 Å². The monoisotopic (exact) mass is 210 g/mol. The maximum absolute atomic E-state index is 4.96. The molecular formula is C15H14O. The molecule has 0 aromatic heterocycles. The highest BCUT2D eigenvalue weighted by Gasteiger charge is 2.00. The van der Waals surface area contributed by atoms with Gasteiger partial charge in [-0.3, -0.25) is 0 Å². The summed E-state index contributed by atoms with van der Waals surface area (Å²) in [5, 5.41) is 0. The van der Waals surface area contributed by atoms with Crippen molar-refractivity contribution in [3.63, 3.8) is 0 Å². The Hall–Kier alpha value is -2.02. The van der Waals surface area contributed by atoms with Crippen molar-refractivity contribution >= 4 is 6.08 Å². The van der Waals surface area contributed by atoms with Crippen molar-refractivity contribution in [2.24, 2.45) is 0 Å². The standard InChI is InChI=1S/C15H14O/c1-16-12-11-14-9-5-6-10-15(14)13-7-3-2-4-8-13/h2-12H,1H3/b12-11+. The Kier molecular flexibility index (Phi) is 3.39. The van der Waals surface area contributed by atoms with E-state index in [1.807, 2.05) is 36.4 Å². The van der Waals surface area contributed by atoms with Crippen LogP contribution in [0.1, 0.15) is 5.56 Å². The summed E-state index contributed by atoms with van der Waals surface area (Å²) in [5.41, 5.74) is 3.60. The number of hydrogen-bond donors (Lipinski definition) is 0. The zero-order chi connectivity index (χ0) is 11.2. The van der Waals surface area contributed by atoms with Crippen molar-refractivity contribution in [3.05, 3.63) is 66.4 Å². The van der Waals surface area contributed by atoms with Gasteiger partial charge in [-0.05, 0) is 22.8 Å². The van der Waals surface area contributed by atoms with Crippen molar-refractivity contribution in [1.29, 1.82) is 0 Å². The molecule has 0 amide bonds. The van der Waals surface area contributed by atoms with Crippen molar-refractivity contribution < 1.29 is 4.74 Å². The molecule has 2 aromatic rings. The third-order valence-corrected chi connectivity index (χ3v) is 2.43. The third-order valence-electron chi connectivity index (χ3n) is 2.43. The van der Waals surface area contributed by atoms with Crippen LogP contribution in [-0.4, -0.2) is 7.11 Å². The molecule has 16 heavy (non-hydrogen) atoms. The number of rotatable bonds is 3. The van der Waals surface area contributed by atoms with Crippen LogP contribution >= 0.6 is 0 Å². The highest BCUT2D eigenvalue weighted by atomic mass is 16.5. The summed E-state index contributed by atoms with van der Waals surface area (Å²) >= 11 is 0. The molecule has 0 bridgehead atoms. The minimum absolute atomic E-state index is 1.16. The molecule has 0 N–H and O–H groups in total. The molecule has 0 saturated heterocycles. The van der Waals surface area contributed by atoms with E-state index in [-0.39, 0.29) is 0 Å². The minimum atomic E-state index is 1.16. The predicted molar refractivity (Wildman–Crippen MR) is 67.9 cm³/mol. The lowest BCUT2D eigenvalue weighted by Gasteiger charge is -2.05. The second-order valence-electron chi connectivity index (χ2n) is 3.49. The number of hydrogen-bond acceptors (Lipinski definition) is 1. The molecule has 0 unspecified atom stereocenters. The highest BCUT2D eigenvalue weighted by Crippen LogP contribution is 2.24. The van der Waals surface area contributed by atoms with Gasteiger partial charge in [-0.1, -0.05) is 54.6 Å². The highest BCUT2D eigenvalue weighted by molar-refractivity contribution is 5.74. The van der Waals surface area contributed by atoms with Crippen LogP contribution in [0.3, 0.4) is 0 Å². The van der Waals surface area contributed by atoms with Crippen LogP contribution in [0.4, 0.5) is 0 Å². The summed E-state index contributed by atoms with van der Waals surface area (Å²) in [6, 6.07) is 18.6. The van der Waals surface area contributed by atoms with E-state index in [1.54, 1.807) is 13.4 Å². The maximum Gasteiger partial charge on any atom is 0.0830 e. The molecule has 1 nitrogen and oxygen atoms in total. The summed E-state index contributed by atoms with van der Waals surface area (Å²) in [4.78, 5) is 0. The summed E-state index contributed by atoms with van der Waals surface area (Å²) < 4.78 is 4.96. The average molecular weight is 210 g/mol. The first kappa shape index (κ1) is 10.5. The fraction of sp³-hybridized carbons (Fsp3) is 0.0667. The third kappa shape index (κ3) is 2.31. The molecular weight excluding hydrogens is 196 g/mol. The van der Waals surface area contributed by atoms with Gasteiger partial charge in [0.25, 0.3) is 0 Å². The topological polar surface area (TPSA) is 9.23 Å². The fourth-order valence-corrected chi connectivity index (χ4v) is 1.66. The Morgan fingerprint density at radius 3 is 2.31 bits per heavy atom. The Labute approximate surface area is 96.0 Å². The molecule has 0 aliphatic rings. The summed E-state index contributed by atoms with van der Waals surface area (Å²) in [5.74, 6) is 0. The Morgan fingerprint density at radius 1 is 0.875 bits per heavy atom. The molecule has 0 atom stereocenters. The zero-order valence-corrected chi connectivity index (χ0v) is 9.26. The molecule has 1 heteroatoms. The molecule has 0 radical (unpaired) electrons. The molecule has 80 valence electrons. The van der Waals surface area contributed by atoms with Gasteiger partial charge >= 0.3 is 0 Å². The molecule has 0 fully saturated rings. The van der Waals surface area contributed by atoms with Crippen molar-refractivity contribution in [2.75, 3.05) is 7.11 Å². The smallest absolute Gasteiger partial charge is 0.0830 e. The van der Waals surface area contributed by atoms with E-state index in [2.05, 4.69) is 24.3 Å². The van der Waals surface area contributed by atoms with Gasteiger partial charge in [-0.15, -0.1) is 0 Å². The molecule has 2 rings (SSSR count). The quantitative estimate of drug-likeness (QED) is 0.696. The second kappa shape index (κ2) is 5.17. The van der Waals surface area contributed by atoms with E-state index >= 15 is 0 Å². The molecule has 0 spiro atoms.